The number of hydrogen-bond donors (Lipinski definition) is 0. The second-order valence-corrected chi connectivity index (χ2v) is 8.01. The number of hydrogen-bond acceptors (Lipinski definition) is 7. The van der Waals surface area contributed by atoms with Crippen LogP contribution in [0.15, 0.2) is 76.1 Å². The fourth-order valence-electron chi connectivity index (χ4n) is 3.66. The van der Waals surface area contributed by atoms with E-state index in [9.17, 15) is 4.79 Å². The smallest absolute Gasteiger partial charge is 0.288 e. The van der Waals surface area contributed by atoms with E-state index in [4.69, 9.17) is 38.0 Å². The highest BCUT2D eigenvalue weighted by Gasteiger charge is 2.15. The molecule has 0 amide bonds. The lowest BCUT2D eigenvalue weighted by Crippen LogP contribution is -2.20. The molecular weight excluding hydrogens is 460 g/mol. The molecule has 0 spiro atoms. The first-order valence-corrected chi connectivity index (χ1v) is 10.7. The third-order valence-electron chi connectivity index (χ3n) is 5.34. The standard InChI is InChI=1S/C24H17ClN4O3S/c1-28(18-6-4-3-5-16(18)25)20-10-7-14-13-15(8-9-17(14)27-20)29-23(30)21-22(32-24(29)33)19(31-2)11-12-26-21/h3-13H,1-2H3. The summed E-state index contributed by atoms with van der Waals surface area (Å²) in [6, 6.07) is 18.5. The van der Waals surface area contributed by atoms with Gasteiger partial charge in [0.05, 0.1) is 29.0 Å². The second kappa shape index (κ2) is 8.31. The Morgan fingerprint density at radius 3 is 2.73 bits per heavy atom. The molecule has 7 nitrogen and oxygen atoms in total. The van der Waals surface area contributed by atoms with E-state index in [0.717, 1.165) is 22.4 Å². The number of halogens is 1. The maximum Gasteiger partial charge on any atom is 0.288 e. The lowest BCUT2D eigenvalue weighted by molar-refractivity contribution is 0.404. The van der Waals surface area contributed by atoms with E-state index in [1.807, 2.05) is 60.5 Å². The van der Waals surface area contributed by atoms with Gasteiger partial charge in [0.15, 0.2) is 11.3 Å². The Labute approximate surface area is 198 Å². The molecule has 0 N–H and O–H groups in total. The molecule has 164 valence electrons. The molecule has 3 aromatic heterocycles. The zero-order chi connectivity index (χ0) is 23.1. The Bertz CT molecular complexity index is 1650. The average Bonchev–Trinajstić information content (AvgIpc) is 2.83. The van der Waals surface area contributed by atoms with Crippen molar-refractivity contribution >= 4 is 57.3 Å². The second-order valence-electron chi connectivity index (χ2n) is 7.26. The van der Waals surface area contributed by atoms with Gasteiger partial charge in [0.25, 0.3) is 10.4 Å². The van der Waals surface area contributed by atoms with Gasteiger partial charge >= 0.3 is 0 Å². The maximum absolute atomic E-state index is 13.2. The molecule has 0 aliphatic heterocycles. The quantitative estimate of drug-likeness (QED) is 0.308. The third-order valence-corrected chi connectivity index (χ3v) is 5.93. The minimum atomic E-state index is -0.387. The van der Waals surface area contributed by atoms with Crippen molar-refractivity contribution in [3.05, 3.63) is 87.1 Å². The number of pyridine rings is 2. The summed E-state index contributed by atoms with van der Waals surface area (Å²) < 4.78 is 12.3. The van der Waals surface area contributed by atoms with Crippen LogP contribution in [-0.4, -0.2) is 28.7 Å². The van der Waals surface area contributed by atoms with Gasteiger partial charge in [-0.2, -0.15) is 0 Å². The number of para-hydroxylation sites is 1. The molecule has 2 aromatic carbocycles. The fraction of sp³-hybridized carbons (Fsp3) is 0.0833. The van der Waals surface area contributed by atoms with Gasteiger partial charge in [-0.15, -0.1) is 0 Å². The fourth-order valence-corrected chi connectivity index (χ4v) is 4.20. The number of anilines is 2. The molecule has 0 bridgehead atoms. The monoisotopic (exact) mass is 476 g/mol. The number of rotatable bonds is 4. The molecular formula is C24H17ClN4O3S. The van der Waals surface area contributed by atoms with Crippen molar-refractivity contribution in [2.24, 2.45) is 0 Å². The lowest BCUT2D eigenvalue weighted by atomic mass is 10.2. The first-order chi connectivity index (χ1) is 16.0. The Hall–Kier alpha value is -3.75. The topological polar surface area (TPSA) is 73.4 Å². The molecule has 33 heavy (non-hydrogen) atoms. The van der Waals surface area contributed by atoms with Crippen molar-refractivity contribution in [2.45, 2.75) is 0 Å². The van der Waals surface area contributed by atoms with Gasteiger partial charge in [-0.1, -0.05) is 23.7 Å². The highest BCUT2D eigenvalue weighted by molar-refractivity contribution is 7.71. The van der Waals surface area contributed by atoms with Crippen molar-refractivity contribution < 1.29 is 9.15 Å². The summed E-state index contributed by atoms with van der Waals surface area (Å²) in [7, 11) is 3.40. The summed E-state index contributed by atoms with van der Waals surface area (Å²) in [5.74, 6) is 1.13. The molecule has 9 heteroatoms. The Kier molecular flexibility index (Phi) is 5.32. The number of nitrogens with zero attached hydrogens (tertiary/aromatic N) is 4. The summed E-state index contributed by atoms with van der Waals surface area (Å²) in [6.45, 7) is 0. The van der Waals surface area contributed by atoms with Crippen molar-refractivity contribution in [2.75, 3.05) is 19.1 Å². The summed E-state index contributed by atoms with van der Waals surface area (Å²) >= 11 is 11.7. The molecule has 3 heterocycles. The first kappa shape index (κ1) is 21.1. The van der Waals surface area contributed by atoms with Crippen LogP contribution in [-0.2, 0) is 0 Å². The van der Waals surface area contributed by atoms with E-state index in [1.165, 1.54) is 17.9 Å². The molecule has 5 aromatic rings. The van der Waals surface area contributed by atoms with Gasteiger partial charge in [0.1, 0.15) is 5.82 Å². The highest BCUT2D eigenvalue weighted by Crippen LogP contribution is 2.30. The molecule has 0 atom stereocenters. The van der Waals surface area contributed by atoms with Crippen LogP contribution in [0, 0.1) is 4.84 Å². The minimum absolute atomic E-state index is 0.00109. The van der Waals surface area contributed by atoms with E-state index in [-0.39, 0.29) is 21.5 Å². The molecule has 0 saturated carbocycles. The molecule has 0 unspecified atom stereocenters. The van der Waals surface area contributed by atoms with Crippen LogP contribution >= 0.6 is 23.8 Å². The number of aromatic nitrogens is 3. The average molecular weight is 477 g/mol. The zero-order valence-corrected chi connectivity index (χ0v) is 19.2. The Balaban J connectivity index is 1.61. The molecule has 5 rings (SSSR count). The van der Waals surface area contributed by atoms with Crippen molar-refractivity contribution in [3.8, 4) is 11.4 Å². The van der Waals surface area contributed by atoms with Crippen LogP contribution in [0.2, 0.25) is 5.02 Å². The molecule has 0 aliphatic carbocycles. The predicted molar refractivity (Wildman–Crippen MR) is 132 cm³/mol. The van der Waals surface area contributed by atoms with Crippen LogP contribution in [0.3, 0.4) is 0 Å². The van der Waals surface area contributed by atoms with Gasteiger partial charge in [-0.05, 0) is 54.7 Å². The van der Waals surface area contributed by atoms with Crippen LogP contribution in [0.5, 0.6) is 5.75 Å². The van der Waals surface area contributed by atoms with E-state index in [1.54, 1.807) is 12.1 Å². The summed E-state index contributed by atoms with van der Waals surface area (Å²) in [6.07, 6.45) is 1.49. The van der Waals surface area contributed by atoms with Gasteiger partial charge in [0.2, 0.25) is 5.58 Å². The summed E-state index contributed by atoms with van der Waals surface area (Å²) in [5.41, 5.74) is 2.14. The van der Waals surface area contributed by atoms with E-state index in [2.05, 4.69) is 4.98 Å². The largest absolute Gasteiger partial charge is 0.493 e. The van der Waals surface area contributed by atoms with Crippen LogP contribution in [0.4, 0.5) is 11.5 Å². The Morgan fingerprint density at radius 1 is 1.12 bits per heavy atom. The van der Waals surface area contributed by atoms with Crippen LogP contribution < -0.4 is 15.2 Å². The lowest BCUT2D eigenvalue weighted by Gasteiger charge is -2.20. The predicted octanol–water partition coefficient (Wildman–Crippen LogP) is 5.69. The molecule has 0 aliphatic rings. The number of fused-ring (bicyclic) bond motifs is 2. The van der Waals surface area contributed by atoms with Gasteiger partial charge in [0, 0.05) is 24.7 Å². The SMILES string of the molecule is COc1ccnc2c(=O)n(-c3ccc4nc(N(C)c5ccccc5Cl)ccc4c3)c(=S)oc12. The maximum atomic E-state index is 13.2. The summed E-state index contributed by atoms with van der Waals surface area (Å²) in [4.78, 5) is 24.0. The summed E-state index contributed by atoms with van der Waals surface area (Å²) in [5, 5.41) is 1.48. The highest BCUT2D eigenvalue weighted by atomic mass is 35.5. The van der Waals surface area contributed by atoms with Gasteiger partial charge in [-0.3, -0.25) is 4.79 Å². The van der Waals surface area contributed by atoms with E-state index < -0.39 is 0 Å². The van der Waals surface area contributed by atoms with E-state index >= 15 is 0 Å². The van der Waals surface area contributed by atoms with Gasteiger partial charge < -0.3 is 14.1 Å². The number of methoxy groups -OCH3 is 1. The van der Waals surface area contributed by atoms with Crippen LogP contribution in [0.25, 0.3) is 27.7 Å². The number of ether oxygens (including phenoxy) is 1. The minimum Gasteiger partial charge on any atom is -0.493 e. The number of benzene rings is 2. The zero-order valence-electron chi connectivity index (χ0n) is 17.7. The molecule has 0 radical (unpaired) electrons. The van der Waals surface area contributed by atoms with Crippen molar-refractivity contribution in [3.63, 3.8) is 0 Å². The van der Waals surface area contributed by atoms with Crippen LogP contribution in [0.1, 0.15) is 0 Å². The molecule has 0 saturated heterocycles. The molecule has 0 fully saturated rings. The van der Waals surface area contributed by atoms with Crippen molar-refractivity contribution in [1.29, 1.82) is 0 Å². The Morgan fingerprint density at radius 2 is 1.94 bits per heavy atom. The normalized spacial score (nSPS) is 11.1. The van der Waals surface area contributed by atoms with Gasteiger partial charge in [-0.25, -0.2) is 14.5 Å². The van der Waals surface area contributed by atoms with Crippen molar-refractivity contribution in [1.82, 2.24) is 14.5 Å². The van der Waals surface area contributed by atoms with E-state index in [0.29, 0.717) is 16.5 Å². The third kappa shape index (κ3) is 3.63. The first-order valence-electron chi connectivity index (χ1n) is 9.96.